The molecule has 5 heteroatoms. The van der Waals surface area contributed by atoms with Gasteiger partial charge in [-0.05, 0) is 42.7 Å². The highest BCUT2D eigenvalue weighted by Crippen LogP contribution is 2.35. The summed E-state index contributed by atoms with van der Waals surface area (Å²) in [6.45, 7) is 11.2. The SMILES string of the molecule is CCCCCCCCCCOC(=O)C(CC(C)CC(C)(C)C)C(=O)c1c(OC)cccc1OC. The first-order valence-electron chi connectivity index (χ1n) is 13.1. The van der Waals surface area contributed by atoms with Gasteiger partial charge in [0.25, 0.3) is 0 Å². The van der Waals surface area contributed by atoms with Crippen molar-refractivity contribution in [1.82, 2.24) is 0 Å². The Morgan fingerprint density at radius 1 is 0.882 bits per heavy atom. The maximum Gasteiger partial charge on any atom is 0.316 e. The van der Waals surface area contributed by atoms with Crippen LogP contribution in [0.15, 0.2) is 18.2 Å². The van der Waals surface area contributed by atoms with E-state index in [1.54, 1.807) is 18.2 Å². The molecule has 2 atom stereocenters. The summed E-state index contributed by atoms with van der Waals surface area (Å²) in [6, 6.07) is 5.21. The lowest BCUT2D eigenvalue weighted by Crippen LogP contribution is -2.30. The van der Waals surface area contributed by atoms with Gasteiger partial charge in [-0.2, -0.15) is 0 Å². The van der Waals surface area contributed by atoms with Crippen molar-refractivity contribution in [3.8, 4) is 11.5 Å². The van der Waals surface area contributed by atoms with E-state index in [-0.39, 0.29) is 17.1 Å². The number of hydrogen-bond donors (Lipinski definition) is 0. The van der Waals surface area contributed by atoms with Gasteiger partial charge in [0, 0.05) is 0 Å². The van der Waals surface area contributed by atoms with Gasteiger partial charge in [-0.3, -0.25) is 9.59 Å². The highest BCUT2D eigenvalue weighted by atomic mass is 16.5. The molecule has 0 radical (unpaired) electrons. The first kappa shape index (κ1) is 30.0. The van der Waals surface area contributed by atoms with Crippen LogP contribution in [0.4, 0.5) is 0 Å². The van der Waals surface area contributed by atoms with Crippen LogP contribution < -0.4 is 9.47 Å². The lowest BCUT2D eigenvalue weighted by Gasteiger charge is -2.26. The van der Waals surface area contributed by atoms with Crippen molar-refractivity contribution in [2.45, 2.75) is 98.8 Å². The van der Waals surface area contributed by atoms with E-state index >= 15 is 0 Å². The topological polar surface area (TPSA) is 61.8 Å². The molecule has 0 bridgehead atoms. The fourth-order valence-electron chi connectivity index (χ4n) is 4.62. The van der Waals surface area contributed by atoms with Gasteiger partial charge in [0.1, 0.15) is 23.0 Å². The zero-order valence-corrected chi connectivity index (χ0v) is 22.7. The molecule has 0 N–H and O–H groups in total. The van der Waals surface area contributed by atoms with Crippen LogP contribution in [0, 0.1) is 17.3 Å². The number of carbonyl (C=O) groups excluding carboxylic acids is 2. The molecule has 1 aromatic carbocycles. The molecule has 0 spiro atoms. The number of hydrogen-bond acceptors (Lipinski definition) is 5. The first-order valence-corrected chi connectivity index (χ1v) is 13.1. The minimum atomic E-state index is -0.878. The second kappa shape index (κ2) is 15.8. The van der Waals surface area contributed by atoms with Crippen molar-refractivity contribution in [1.29, 1.82) is 0 Å². The molecule has 0 aliphatic heterocycles. The van der Waals surface area contributed by atoms with Gasteiger partial charge in [-0.1, -0.05) is 85.6 Å². The normalized spacial score (nSPS) is 13.3. The molecule has 0 fully saturated rings. The van der Waals surface area contributed by atoms with E-state index in [4.69, 9.17) is 14.2 Å². The Bertz CT molecular complexity index is 712. The van der Waals surface area contributed by atoms with E-state index in [1.807, 2.05) is 0 Å². The van der Waals surface area contributed by atoms with E-state index in [2.05, 4.69) is 34.6 Å². The summed E-state index contributed by atoms with van der Waals surface area (Å²) in [5.41, 5.74) is 0.417. The van der Waals surface area contributed by atoms with Crippen molar-refractivity contribution in [3.05, 3.63) is 23.8 Å². The Labute approximate surface area is 207 Å². The summed E-state index contributed by atoms with van der Waals surface area (Å²) in [5.74, 6) is -0.609. The predicted octanol–water partition coefficient (Wildman–Crippen LogP) is 7.65. The summed E-state index contributed by atoms with van der Waals surface area (Å²) >= 11 is 0. The predicted molar refractivity (Wildman–Crippen MR) is 139 cm³/mol. The van der Waals surface area contributed by atoms with Crippen molar-refractivity contribution in [2.75, 3.05) is 20.8 Å². The van der Waals surface area contributed by atoms with Crippen LogP contribution in [0.25, 0.3) is 0 Å². The molecule has 0 aliphatic rings. The molecular formula is C29H48O5. The van der Waals surface area contributed by atoms with Crippen LogP contribution in [0.5, 0.6) is 11.5 Å². The fraction of sp³-hybridized carbons (Fsp3) is 0.724. The summed E-state index contributed by atoms with van der Waals surface area (Å²) in [5, 5.41) is 0. The van der Waals surface area contributed by atoms with Gasteiger partial charge >= 0.3 is 5.97 Å². The van der Waals surface area contributed by atoms with E-state index in [0.717, 1.165) is 25.7 Å². The number of ketones is 1. The average molecular weight is 477 g/mol. The Morgan fingerprint density at radius 3 is 1.91 bits per heavy atom. The fourth-order valence-corrected chi connectivity index (χ4v) is 4.62. The molecule has 2 unspecified atom stereocenters. The Morgan fingerprint density at radius 2 is 1.41 bits per heavy atom. The third kappa shape index (κ3) is 10.9. The lowest BCUT2D eigenvalue weighted by molar-refractivity contribution is -0.147. The Hall–Kier alpha value is -2.04. The van der Waals surface area contributed by atoms with Gasteiger partial charge in [0.15, 0.2) is 5.78 Å². The van der Waals surface area contributed by atoms with E-state index in [9.17, 15) is 9.59 Å². The number of ether oxygens (including phenoxy) is 3. The number of rotatable bonds is 17. The Kier molecular flexibility index (Phi) is 13.9. The quantitative estimate of drug-likeness (QED) is 0.1000. The number of benzene rings is 1. The van der Waals surface area contributed by atoms with Crippen molar-refractivity contribution >= 4 is 11.8 Å². The largest absolute Gasteiger partial charge is 0.496 e. The standard InChI is InChI=1S/C29H48O5/c1-8-9-10-11-12-13-14-15-19-34-28(31)23(20-22(2)21-29(3,4)5)27(30)26-24(32-6)17-16-18-25(26)33-7/h16-18,22-23H,8-15,19-21H2,1-7H3. The summed E-state index contributed by atoms with van der Waals surface area (Å²) < 4.78 is 16.5. The minimum Gasteiger partial charge on any atom is -0.496 e. The third-order valence-electron chi connectivity index (χ3n) is 6.12. The van der Waals surface area contributed by atoms with Crippen molar-refractivity contribution in [2.24, 2.45) is 17.3 Å². The molecule has 1 rings (SSSR count). The third-order valence-corrected chi connectivity index (χ3v) is 6.12. The van der Waals surface area contributed by atoms with Crippen LogP contribution in [0.3, 0.4) is 0 Å². The molecule has 0 aromatic heterocycles. The average Bonchev–Trinajstić information content (AvgIpc) is 2.79. The van der Waals surface area contributed by atoms with Crippen LogP contribution in [0.2, 0.25) is 0 Å². The number of Topliss-reactive ketones (excluding diaryl/α,β-unsaturated/α-hetero) is 1. The second-order valence-electron chi connectivity index (χ2n) is 10.7. The summed E-state index contributed by atoms with van der Waals surface area (Å²) in [6.07, 6.45) is 10.7. The molecule has 0 aliphatic carbocycles. The smallest absolute Gasteiger partial charge is 0.316 e. The first-order chi connectivity index (χ1) is 16.1. The molecular weight excluding hydrogens is 428 g/mol. The zero-order chi connectivity index (χ0) is 25.6. The minimum absolute atomic E-state index is 0.107. The molecule has 34 heavy (non-hydrogen) atoms. The number of unbranched alkanes of at least 4 members (excludes halogenated alkanes) is 7. The molecule has 0 amide bonds. The molecule has 0 saturated heterocycles. The number of methoxy groups -OCH3 is 2. The molecule has 0 heterocycles. The van der Waals surface area contributed by atoms with Crippen molar-refractivity contribution < 1.29 is 23.8 Å². The van der Waals surface area contributed by atoms with Gasteiger partial charge in [-0.25, -0.2) is 0 Å². The van der Waals surface area contributed by atoms with Crippen molar-refractivity contribution in [3.63, 3.8) is 0 Å². The number of carbonyl (C=O) groups is 2. The van der Waals surface area contributed by atoms with Crippen LogP contribution in [-0.2, 0) is 9.53 Å². The second-order valence-corrected chi connectivity index (χ2v) is 10.7. The highest BCUT2D eigenvalue weighted by Gasteiger charge is 2.35. The molecule has 1 aromatic rings. The maximum atomic E-state index is 13.6. The lowest BCUT2D eigenvalue weighted by atomic mass is 9.80. The van der Waals surface area contributed by atoms with E-state index in [1.165, 1.54) is 46.3 Å². The number of esters is 1. The van der Waals surface area contributed by atoms with E-state index < -0.39 is 11.9 Å². The molecule has 5 nitrogen and oxygen atoms in total. The summed E-state index contributed by atoms with van der Waals surface area (Å²) in [4.78, 5) is 26.8. The van der Waals surface area contributed by atoms with Gasteiger partial charge in [-0.15, -0.1) is 0 Å². The summed E-state index contributed by atoms with van der Waals surface area (Å²) in [7, 11) is 3.03. The van der Waals surface area contributed by atoms with Gasteiger partial charge < -0.3 is 14.2 Å². The van der Waals surface area contributed by atoms with Gasteiger partial charge in [0.2, 0.25) is 0 Å². The molecule has 0 saturated carbocycles. The van der Waals surface area contributed by atoms with Crippen LogP contribution in [-0.4, -0.2) is 32.6 Å². The Balaban J connectivity index is 2.85. The highest BCUT2D eigenvalue weighted by molar-refractivity contribution is 6.11. The van der Waals surface area contributed by atoms with Crippen LogP contribution in [0.1, 0.15) is 109 Å². The van der Waals surface area contributed by atoms with Crippen LogP contribution >= 0.6 is 0 Å². The maximum absolute atomic E-state index is 13.6. The monoisotopic (exact) mass is 476 g/mol. The van der Waals surface area contributed by atoms with Gasteiger partial charge in [0.05, 0.1) is 20.8 Å². The molecule has 194 valence electrons. The van der Waals surface area contributed by atoms with E-state index in [0.29, 0.717) is 30.1 Å². The zero-order valence-electron chi connectivity index (χ0n) is 22.7.